The summed E-state index contributed by atoms with van der Waals surface area (Å²) in [7, 11) is 0. The lowest BCUT2D eigenvalue weighted by Gasteiger charge is -2.11. The summed E-state index contributed by atoms with van der Waals surface area (Å²) in [4.78, 5) is 11.8. The molecule has 0 saturated carbocycles. The number of thioether (sulfide) groups is 1. The fourth-order valence-corrected chi connectivity index (χ4v) is 4.46. The number of aliphatic carboxylic acids is 1. The van der Waals surface area contributed by atoms with Crippen LogP contribution in [0, 0.1) is 10.5 Å². The van der Waals surface area contributed by atoms with Gasteiger partial charge in [-0.25, -0.2) is 4.79 Å². The van der Waals surface area contributed by atoms with E-state index in [1.807, 2.05) is 31.2 Å². The maximum Gasteiger partial charge on any atom is 0.341 e. The summed E-state index contributed by atoms with van der Waals surface area (Å²) in [5.41, 5.74) is 4.58. The van der Waals surface area contributed by atoms with Crippen molar-refractivity contribution in [1.82, 2.24) is 0 Å². The van der Waals surface area contributed by atoms with Crippen LogP contribution in [0.5, 0.6) is 5.75 Å². The summed E-state index contributed by atoms with van der Waals surface area (Å²) in [6.07, 6.45) is 2.27. The Morgan fingerprint density at radius 1 is 1.07 bits per heavy atom. The molecule has 0 aliphatic carbocycles. The Labute approximate surface area is 188 Å². The summed E-state index contributed by atoms with van der Waals surface area (Å²) in [6, 6.07) is 24.7. The van der Waals surface area contributed by atoms with Crippen LogP contribution >= 0.6 is 34.4 Å². The molecule has 0 aliphatic rings. The molecule has 0 radical (unpaired) electrons. The number of ether oxygens (including phenoxy) is 1. The van der Waals surface area contributed by atoms with E-state index in [0.29, 0.717) is 5.75 Å². The van der Waals surface area contributed by atoms with Crippen LogP contribution in [0.3, 0.4) is 0 Å². The first-order valence-electron chi connectivity index (χ1n) is 9.13. The number of hydrogen-bond donors (Lipinski definition) is 1. The molecule has 0 spiro atoms. The third-order valence-electron chi connectivity index (χ3n) is 4.28. The lowest BCUT2D eigenvalue weighted by Crippen LogP contribution is -2.09. The van der Waals surface area contributed by atoms with Crippen molar-refractivity contribution in [3.05, 3.63) is 99.1 Å². The second-order valence-electron chi connectivity index (χ2n) is 6.38. The van der Waals surface area contributed by atoms with E-state index >= 15 is 0 Å². The molecule has 0 amide bonds. The Hall–Kier alpha value is -2.25. The maximum absolute atomic E-state index is 10.7. The van der Waals surface area contributed by atoms with Gasteiger partial charge in [-0.2, -0.15) is 0 Å². The summed E-state index contributed by atoms with van der Waals surface area (Å²) in [5.74, 6) is 0.456. The number of carbonyl (C=O) groups is 1. The van der Waals surface area contributed by atoms with Gasteiger partial charge in [-0.1, -0.05) is 54.6 Å². The third-order valence-corrected chi connectivity index (χ3v) is 6.15. The molecule has 1 N–H and O–H groups in total. The first-order valence-corrected chi connectivity index (χ1v) is 11.2. The average molecular weight is 516 g/mol. The van der Waals surface area contributed by atoms with Gasteiger partial charge in [0, 0.05) is 14.2 Å². The molecule has 3 nitrogen and oxygen atoms in total. The molecule has 0 bridgehead atoms. The van der Waals surface area contributed by atoms with Crippen molar-refractivity contribution in [3.8, 4) is 5.75 Å². The fourth-order valence-electron chi connectivity index (χ4n) is 2.91. The zero-order chi connectivity index (χ0) is 20.6. The molecule has 0 heterocycles. The summed E-state index contributed by atoms with van der Waals surface area (Å²) in [6.45, 7) is 1.60. The van der Waals surface area contributed by atoms with Crippen molar-refractivity contribution in [2.75, 3.05) is 12.4 Å². The quantitative estimate of drug-likeness (QED) is 0.283. The minimum atomic E-state index is -0.975. The fraction of sp³-hybridized carbons (Fsp3) is 0.125. The second kappa shape index (κ2) is 10.5. The smallest absolute Gasteiger partial charge is 0.341 e. The van der Waals surface area contributed by atoms with Crippen LogP contribution in [0.25, 0.3) is 5.57 Å². The Morgan fingerprint density at radius 2 is 1.79 bits per heavy atom. The first-order chi connectivity index (χ1) is 14.0. The highest BCUT2D eigenvalue weighted by molar-refractivity contribution is 14.1. The largest absolute Gasteiger partial charge is 0.482 e. The van der Waals surface area contributed by atoms with Crippen LogP contribution in [-0.2, 0) is 4.79 Å². The maximum atomic E-state index is 10.7. The number of benzene rings is 3. The highest BCUT2D eigenvalue weighted by atomic mass is 127. The topological polar surface area (TPSA) is 46.5 Å². The van der Waals surface area contributed by atoms with E-state index in [4.69, 9.17) is 9.84 Å². The molecule has 3 aromatic carbocycles. The van der Waals surface area contributed by atoms with Crippen molar-refractivity contribution >= 4 is 45.9 Å². The number of hydrogen-bond acceptors (Lipinski definition) is 3. The summed E-state index contributed by atoms with van der Waals surface area (Å²) in [5, 5.41) is 8.76. The Morgan fingerprint density at radius 3 is 2.48 bits per heavy atom. The van der Waals surface area contributed by atoms with Crippen LogP contribution in [0.15, 0.2) is 83.8 Å². The van der Waals surface area contributed by atoms with E-state index in [1.165, 1.54) is 20.3 Å². The molecule has 0 fully saturated rings. The first kappa shape index (κ1) is 21.5. The zero-order valence-electron chi connectivity index (χ0n) is 16.0. The molecular formula is C24H21IO3S. The predicted octanol–water partition coefficient (Wildman–Crippen LogP) is 6.29. The van der Waals surface area contributed by atoms with Gasteiger partial charge in [0.05, 0.1) is 0 Å². The predicted molar refractivity (Wildman–Crippen MR) is 128 cm³/mol. The molecule has 29 heavy (non-hydrogen) atoms. The molecule has 0 atom stereocenters. The van der Waals surface area contributed by atoms with Crippen molar-refractivity contribution in [1.29, 1.82) is 0 Å². The Kier molecular flexibility index (Phi) is 7.77. The van der Waals surface area contributed by atoms with Gasteiger partial charge in [0.2, 0.25) is 0 Å². The number of carboxylic acids is 1. The molecule has 0 unspecified atom stereocenters. The van der Waals surface area contributed by atoms with Crippen LogP contribution in [0.4, 0.5) is 0 Å². The standard InChI is InChI=1S/C24H21IO3S/c1-17-15-19(11-12-23(17)28-16-24(26)27)29-14-13-20(18-7-3-2-4-8-18)21-9-5-6-10-22(21)25/h2-13,15H,14,16H2,1H3,(H,26,27). The van der Waals surface area contributed by atoms with Gasteiger partial charge in [-0.15, -0.1) is 11.8 Å². The lowest BCUT2D eigenvalue weighted by atomic mass is 9.98. The van der Waals surface area contributed by atoms with Gasteiger partial charge in [0.25, 0.3) is 0 Å². The normalized spacial score (nSPS) is 11.3. The number of rotatable bonds is 8. The van der Waals surface area contributed by atoms with Gasteiger partial charge in [0.1, 0.15) is 5.75 Å². The van der Waals surface area contributed by atoms with Gasteiger partial charge in [-0.3, -0.25) is 0 Å². The van der Waals surface area contributed by atoms with Crippen molar-refractivity contribution in [2.24, 2.45) is 0 Å². The van der Waals surface area contributed by atoms with Gasteiger partial charge >= 0.3 is 5.97 Å². The summed E-state index contributed by atoms with van der Waals surface area (Å²) < 4.78 is 6.53. The molecule has 3 rings (SSSR count). The second-order valence-corrected chi connectivity index (χ2v) is 8.64. The Bertz CT molecular complexity index is 1020. The minimum absolute atomic E-state index is 0.327. The molecular weight excluding hydrogens is 495 g/mol. The molecule has 0 aromatic heterocycles. The molecule has 3 aromatic rings. The van der Waals surface area contributed by atoms with Crippen molar-refractivity contribution < 1.29 is 14.6 Å². The molecule has 0 saturated heterocycles. The number of aryl methyl sites for hydroxylation is 1. The van der Waals surface area contributed by atoms with E-state index in [9.17, 15) is 4.79 Å². The third kappa shape index (κ3) is 6.11. The monoisotopic (exact) mass is 516 g/mol. The molecule has 0 aliphatic heterocycles. The van der Waals surface area contributed by atoms with E-state index < -0.39 is 5.97 Å². The van der Waals surface area contributed by atoms with Gasteiger partial charge < -0.3 is 9.84 Å². The van der Waals surface area contributed by atoms with Crippen LogP contribution < -0.4 is 4.74 Å². The summed E-state index contributed by atoms with van der Waals surface area (Å²) >= 11 is 4.12. The minimum Gasteiger partial charge on any atom is -0.482 e. The highest BCUT2D eigenvalue weighted by Crippen LogP contribution is 2.30. The number of carboxylic acid groups (broad SMARTS) is 1. The van der Waals surface area contributed by atoms with Crippen molar-refractivity contribution in [2.45, 2.75) is 11.8 Å². The van der Waals surface area contributed by atoms with E-state index in [-0.39, 0.29) is 6.61 Å². The Balaban J connectivity index is 1.78. The molecule has 5 heteroatoms. The van der Waals surface area contributed by atoms with Crippen LogP contribution in [0.2, 0.25) is 0 Å². The SMILES string of the molecule is Cc1cc(SCC=C(c2ccccc2)c2ccccc2I)ccc1OCC(=O)O. The van der Waals surface area contributed by atoms with Crippen molar-refractivity contribution in [3.63, 3.8) is 0 Å². The van der Waals surface area contributed by atoms with Gasteiger partial charge in [-0.05, 0) is 76.0 Å². The highest BCUT2D eigenvalue weighted by Gasteiger charge is 2.09. The number of halogens is 1. The average Bonchev–Trinajstić information content (AvgIpc) is 2.72. The van der Waals surface area contributed by atoms with E-state index in [2.05, 4.69) is 77.2 Å². The lowest BCUT2D eigenvalue weighted by molar-refractivity contribution is -0.139. The van der Waals surface area contributed by atoms with Crippen LogP contribution in [0.1, 0.15) is 16.7 Å². The molecule has 148 valence electrons. The van der Waals surface area contributed by atoms with Crippen LogP contribution in [-0.4, -0.2) is 23.4 Å². The van der Waals surface area contributed by atoms with Gasteiger partial charge in [0.15, 0.2) is 6.61 Å². The zero-order valence-corrected chi connectivity index (χ0v) is 18.9. The van der Waals surface area contributed by atoms with E-state index in [1.54, 1.807) is 11.8 Å². The van der Waals surface area contributed by atoms with E-state index in [0.717, 1.165) is 16.2 Å².